The molecule has 1 aromatic heterocycles. The first kappa shape index (κ1) is 17.7. The highest BCUT2D eigenvalue weighted by atomic mass is 16.5. The summed E-state index contributed by atoms with van der Waals surface area (Å²) in [4.78, 5) is 35.2. The average Bonchev–Trinajstić information content (AvgIpc) is 2.72. The van der Waals surface area contributed by atoms with Crippen molar-refractivity contribution in [2.45, 2.75) is 6.54 Å². The average molecular weight is 355 g/mol. The fourth-order valence-electron chi connectivity index (χ4n) is 2.68. The maximum Gasteiger partial charge on any atom is 0.272 e. The molecule has 1 fully saturated rings. The van der Waals surface area contributed by atoms with Gasteiger partial charge in [-0.1, -0.05) is 12.1 Å². The molecule has 3 rings (SSSR count). The van der Waals surface area contributed by atoms with Gasteiger partial charge in [0.05, 0.1) is 7.11 Å². The number of hydrogen-bond donors (Lipinski definition) is 1. The number of nitrogens with zero attached hydrogens (tertiary/aromatic N) is 4. The Morgan fingerprint density at radius 1 is 1.19 bits per heavy atom. The van der Waals surface area contributed by atoms with Gasteiger partial charge in [0.15, 0.2) is 0 Å². The lowest BCUT2D eigenvalue weighted by molar-refractivity contribution is -0.119. The van der Waals surface area contributed by atoms with Crippen LogP contribution in [0.5, 0.6) is 5.75 Å². The van der Waals surface area contributed by atoms with Crippen LogP contribution in [0.25, 0.3) is 0 Å². The third-order valence-corrected chi connectivity index (χ3v) is 4.23. The molecule has 2 heterocycles. The summed E-state index contributed by atoms with van der Waals surface area (Å²) in [5.74, 6) is 1.05. The number of nitrogens with one attached hydrogen (secondary N) is 1. The number of benzene rings is 1. The topological polar surface area (TPSA) is 87.7 Å². The maximum absolute atomic E-state index is 12.6. The summed E-state index contributed by atoms with van der Waals surface area (Å²) in [6.45, 7) is 2.65. The van der Waals surface area contributed by atoms with Gasteiger partial charge in [-0.15, -0.1) is 0 Å². The molecule has 1 aliphatic rings. The van der Waals surface area contributed by atoms with E-state index in [4.69, 9.17) is 4.74 Å². The first-order valence-corrected chi connectivity index (χ1v) is 8.38. The minimum absolute atomic E-state index is 0.148. The van der Waals surface area contributed by atoms with E-state index in [1.165, 1.54) is 0 Å². The second-order valence-electron chi connectivity index (χ2n) is 5.90. The first-order chi connectivity index (χ1) is 12.7. The number of methoxy groups -OCH3 is 1. The molecule has 0 atom stereocenters. The molecule has 0 radical (unpaired) electrons. The number of aromatic nitrogens is 2. The van der Waals surface area contributed by atoms with Crippen LogP contribution in [0.4, 0.5) is 5.95 Å². The molecule has 0 bridgehead atoms. The van der Waals surface area contributed by atoms with Crippen LogP contribution >= 0.6 is 0 Å². The summed E-state index contributed by atoms with van der Waals surface area (Å²) < 4.78 is 5.14. The van der Waals surface area contributed by atoms with E-state index >= 15 is 0 Å². The summed E-state index contributed by atoms with van der Waals surface area (Å²) >= 11 is 0. The van der Waals surface area contributed by atoms with Crippen molar-refractivity contribution < 1.29 is 14.3 Å². The smallest absolute Gasteiger partial charge is 0.272 e. The number of ether oxygens (including phenoxy) is 1. The van der Waals surface area contributed by atoms with E-state index in [9.17, 15) is 9.59 Å². The fourth-order valence-corrected chi connectivity index (χ4v) is 2.68. The normalized spacial score (nSPS) is 14.0. The van der Waals surface area contributed by atoms with E-state index in [0.717, 1.165) is 17.7 Å². The SMILES string of the molecule is COc1ccc(CNc2nccc(C(=O)N3CCN(C=O)CC3)n2)cc1. The molecule has 26 heavy (non-hydrogen) atoms. The standard InChI is InChI=1S/C18H21N5O3/c1-26-15-4-2-14(3-5-15)12-20-18-19-7-6-16(21-18)17(25)23-10-8-22(13-24)9-11-23/h2-7,13H,8-12H2,1H3,(H,19,20,21). The number of amides is 2. The van der Waals surface area contributed by atoms with Crippen LogP contribution in [0.2, 0.25) is 0 Å². The van der Waals surface area contributed by atoms with E-state index in [1.807, 2.05) is 24.3 Å². The van der Waals surface area contributed by atoms with Crippen molar-refractivity contribution in [3.63, 3.8) is 0 Å². The van der Waals surface area contributed by atoms with Crippen molar-refractivity contribution in [2.24, 2.45) is 0 Å². The highest BCUT2D eigenvalue weighted by Gasteiger charge is 2.22. The molecule has 1 aromatic carbocycles. The van der Waals surface area contributed by atoms with Crippen LogP contribution in [-0.2, 0) is 11.3 Å². The Balaban J connectivity index is 1.60. The van der Waals surface area contributed by atoms with Gasteiger partial charge in [-0.05, 0) is 23.8 Å². The molecule has 0 saturated carbocycles. The quantitative estimate of drug-likeness (QED) is 0.778. The molecule has 136 valence electrons. The monoisotopic (exact) mass is 355 g/mol. The maximum atomic E-state index is 12.6. The minimum Gasteiger partial charge on any atom is -0.497 e. The molecule has 1 aliphatic heterocycles. The van der Waals surface area contributed by atoms with Crippen molar-refractivity contribution in [2.75, 3.05) is 38.6 Å². The van der Waals surface area contributed by atoms with Crippen LogP contribution in [0.1, 0.15) is 16.1 Å². The van der Waals surface area contributed by atoms with Crippen molar-refractivity contribution in [1.82, 2.24) is 19.8 Å². The van der Waals surface area contributed by atoms with Crippen LogP contribution in [-0.4, -0.2) is 65.4 Å². The predicted octanol–water partition coefficient (Wildman–Crippen LogP) is 1.01. The summed E-state index contributed by atoms with van der Waals surface area (Å²) in [5.41, 5.74) is 1.40. The fraction of sp³-hybridized carbons (Fsp3) is 0.333. The number of carbonyl (C=O) groups excluding carboxylic acids is 2. The second kappa shape index (κ2) is 8.28. The summed E-state index contributed by atoms with van der Waals surface area (Å²) in [6, 6.07) is 9.28. The number of hydrogen-bond acceptors (Lipinski definition) is 6. The van der Waals surface area contributed by atoms with Gasteiger partial charge >= 0.3 is 0 Å². The van der Waals surface area contributed by atoms with E-state index in [-0.39, 0.29) is 5.91 Å². The highest BCUT2D eigenvalue weighted by molar-refractivity contribution is 5.92. The van der Waals surface area contributed by atoms with Crippen LogP contribution in [0, 0.1) is 0 Å². The second-order valence-corrected chi connectivity index (χ2v) is 5.90. The van der Waals surface area contributed by atoms with Crippen LogP contribution in [0.15, 0.2) is 36.5 Å². The van der Waals surface area contributed by atoms with Gasteiger partial charge < -0.3 is 19.9 Å². The molecule has 8 heteroatoms. The third kappa shape index (κ3) is 4.27. The first-order valence-electron chi connectivity index (χ1n) is 8.38. The Bertz CT molecular complexity index is 758. The van der Waals surface area contributed by atoms with E-state index in [1.54, 1.807) is 29.2 Å². The molecule has 1 saturated heterocycles. The molecule has 0 unspecified atom stereocenters. The zero-order valence-corrected chi connectivity index (χ0v) is 14.6. The summed E-state index contributed by atoms with van der Waals surface area (Å²) in [7, 11) is 1.63. The lowest BCUT2D eigenvalue weighted by Gasteiger charge is -2.32. The Kier molecular flexibility index (Phi) is 5.62. The van der Waals surface area contributed by atoms with Gasteiger partial charge in [0.25, 0.3) is 5.91 Å². The molecule has 0 aliphatic carbocycles. The highest BCUT2D eigenvalue weighted by Crippen LogP contribution is 2.13. The lowest BCUT2D eigenvalue weighted by Crippen LogP contribution is -2.48. The van der Waals surface area contributed by atoms with Crippen LogP contribution in [0.3, 0.4) is 0 Å². The van der Waals surface area contributed by atoms with Gasteiger partial charge in [-0.25, -0.2) is 9.97 Å². The summed E-state index contributed by atoms with van der Waals surface area (Å²) in [6.07, 6.45) is 2.38. The van der Waals surface area contributed by atoms with Gasteiger partial charge in [-0.3, -0.25) is 9.59 Å². The largest absolute Gasteiger partial charge is 0.497 e. The molecule has 0 spiro atoms. The zero-order valence-electron chi connectivity index (χ0n) is 14.6. The van der Waals surface area contributed by atoms with Crippen molar-refractivity contribution in [1.29, 1.82) is 0 Å². The Hall–Kier alpha value is -3.16. The van der Waals surface area contributed by atoms with Crippen molar-refractivity contribution in [3.8, 4) is 5.75 Å². The van der Waals surface area contributed by atoms with Gasteiger partial charge in [0.2, 0.25) is 12.4 Å². The van der Waals surface area contributed by atoms with Crippen LogP contribution < -0.4 is 10.1 Å². The minimum atomic E-state index is -0.148. The van der Waals surface area contributed by atoms with E-state index in [2.05, 4.69) is 15.3 Å². The molecule has 8 nitrogen and oxygen atoms in total. The van der Waals surface area contributed by atoms with Crippen molar-refractivity contribution in [3.05, 3.63) is 47.8 Å². The molecule has 2 amide bonds. The molecule has 2 aromatic rings. The number of piperazine rings is 1. The third-order valence-electron chi connectivity index (χ3n) is 4.23. The predicted molar refractivity (Wildman–Crippen MR) is 95.9 cm³/mol. The zero-order chi connectivity index (χ0) is 18.4. The molecular formula is C18H21N5O3. The Morgan fingerprint density at radius 3 is 2.58 bits per heavy atom. The number of carbonyl (C=O) groups is 2. The number of rotatable bonds is 6. The van der Waals surface area contributed by atoms with Gasteiger partial charge in [0.1, 0.15) is 11.4 Å². The van der Waals surface area contributed by atoms with Crippen molar-refractivity contribution >= 4 is 18.3 Å². The number of anilines is 1. The van der Waals surface area contributed by atoms with Gasteiger partial charge in [-0.2, -0.15) is 0 Å². The Labute approximate surface area is 151 Å². The molecule has 1 N–H and O–H groups in total. The van der Waals surface area contributed by atoms with E-state index in [0.29, 0.717) is 44.4 Å². The van der Waals surface area contributed by atoms with Gasteiger partial charge in [0, 0.05) is 38.9 Å². The summed E-state index contributed by atoms with van der Waals surface area (Å²) in [5, 5.41) is 3.12. The molecular weight excluding hydrogens is 334 g/mol. The Morgan fingerprint density at radius 2 is 1.92 bits per heavy atom. The lowest BCUT2D eigenvalue weighted by atomic mass is 10.2. The van der Waals surface area contributed by atoms with E-state index < -0.39 is 0 Å².